The maximum atomic E-state index is 11.8. The molecular weight excluding hydrogens is 208 g/mol. The van der Waals surface area contributed by atoms with E-state index in [9.17, 15) is 9.59 Å². The molecule has 3 N–H and O–H groups in total. The number of hydrogen-bond donors (Lipinski definition) is 3. The number of carboxylic acids is 1. The van der Waals surface area contributed by atoms with Crippen molar-refractivity contribution in [3.63, 3.8) is 0 Å². The molecule has 1 aliphatic heterocycles. The van der Waals surface area contributed by atoms with Gasteiger partial charge in [0, 0.05) is 0 Å². The van der Waals surface area contributed by atoms with Gasteiger partial charge in [0.2, 0.25) is 5.91 Å². The lowest BCUT2D eigenvalue weighted by atomic mass is 10.0. The van der Waals surface area contributed by atoms with Gasteiger partial charge in [-0.2, -0.15) is 0 Å². The summed E-state index contributed by atoms with van der Waals surface area (Å²) in [7, 11) is 0. The second kappa shape index (κ2) is 5.30. The minimum atomic E-state index is -0.978. The number of aliphatic carboxylic acids is 1. The molecule has 0 aromatic rings. The number of rotatable bonds is 4. The van der Waals surface area contributed by atoms with Crippen LogP contribution in [0.2, 0.25) is 0 Å². The highest BCUT2D eigenvalue weighted by Gasteiger charge is 2.32. The van der Waals surface area contributed by atoms with Crippen LogP contribution in [0.4, 0.5) is 0 Å². The van der Waals surface area contributed by atoms with E-state index < -0.39 is 12.0 Å². The quantitative estimate of drug-likeness (QED) is 0.642. The summed E-state index contributed by atoms with van der Waals surface area (Å²) in [6, 6.07) is -1.05. The Morgan fingerprint density at radius 1 is 1.44 bits per heavy atom. The monoisotopic (exact) mass is 228 g/mol. The highest BCUT2D eigenvalue weighted by atomic mass is 16.4. The van der Waals surface area contributed by atoms with Gasteiger partial charge in [-0.15, -0.1) is 0 Å². The molecule has 1 rings (SSSR count). The number of nitrogens with one attached hydrogen (secondary N) is 2. The molecule has 0 aliphatic carbocycles. The first-order valence-electron chi connectivity index (χ1n) is 5.70. The van der Waals surface area contributed by atoms with Crippen LogP contribution in [0.1, 0.15) is 27.2 Å². The van der Waals surface area contributed by atoms with Crippen LogP contribution in [-0.4, -0.2) is 35.6 Å². The lowest BCUT2D eigenvalue weighted by Crippen LogP contribution is -2.51. The summed E-state index contributed by atoms with van der Waals surface area (Å²) in [5, 5.41) is 14.6. The Kier molecular flexibility index (Phi) is 4.29. The predicted molar refractivity (Wildman–Crippen MR) is 60.0 cm³/mol. The molecule has 1 amide bonds. The molecule has 0 spiro atoms. The van der Waals surface area contributed by atoms with E-state index in [2.05, 4.69) is 10.6 Å². The van der Waals surface area contributed by atoms with Crippen LogP contribution in [-0.2, 0) is 9.59 Å². The van der Waals surface area contributed by atoms with Crippen molar-refractivity contribution in [2.75, 3.05) is 6.54 Å². The zero-order chi connectivity index (χ0) is 12.3. The molecule has 92 valence electrons. The largest absolute Gasteiger partial charge is 0.480 e. The van der Waals surface area contributed by atoms with Gasteiger partial charge in [0.05, 0.1) is 6.04 Å². The van der Waals surface area contributed by atoms with Gasteiger partial charge in [-0.05, 0) is 24.8 Å². The van der Waals surface area contributed by atoms with Gasteiger partial charge in [-0.25, -0.2) is 4.79 Å². The maximum Gasteiger partial charge on any atom is 0.326 e. The third kappa shape index (κ3) is 2.95. The molecule has 16 heavy (non-hydrogen) atoms. The van der Waals surface area contributed by atoms with Gasteiger partial charge in [-0.1, -0.05) is 20.8 Å². The second-order valence-corrected chi connectivity index (χ2v) is 4.77. The molecule has 0 saturated carbocycles. The lowest BCUT2D eigenvalue weighted by Gasteiger charge is -2.22. The average Bonchev–Trinajstić information content (AvgIpc) is 2.59. The molecule has 5 nitrogen and oxygen atoms in total. The topological polar surface area (TPSA) is 78.4 Å². The minimum absolute atomic E-state index is 0.113. The van der Waals surface area contributed by atoms with Gasteiger partial charge in [-0.3, -0.25) is 4.79 Å². The Morgan fingerprint density at radius 2 is 2.06 bits per heavy atom. The summed E-state index contributed by atoms with van der Waals surface area (Å²) in [6.07, 6.45) is 0.956. The molecule has 1 fully saturated rings. The summed E-state index contributed by atoms with van der Waals surface area (Å²) in [5.41, 5.74) is 0. The zero-order valence-electron chi connectivity index (χ0n) is 9.99. The van der Waals surface area contributed by atoms with Gasteiger partial charge in [0.25, 0.3) is 0 Å². The van der Waals surface area contributed by atoms with E-state index in [1.807, 2.05) is 6.92 Å². The summed E-state index contributed by atoms with van der Waals surface area (Å²) in [4.78, 5) is 22.8. The third-order valence-electron chi connectivity index (χ3n) is 3.05. The molecule has 1 heterocycles. The molecule has 0 aromatic carbocycles. The molecule has 1 aliphatic rings. The lowest BCUT2D eigenvalue weighted by molar-refractivity contribution is -0.143. The second-order valence-electron chi connectivity index (χ2n) is 4.77. The molecule has 2 unspecified atom stereocenters. The van der Waals surface area contributed by atoms with Crippen LogP contribution in [0.5, 0.6) is 0 Å². The smallest absolute Gasteiger partial charge is 0.326 e. The first kappa shape index (κ1) is 13.0. The normalized spacial score (nSPS) is 26.8. The van der Waals surface area contributed by atoms with Crippen LogP contribution in [0, 0.1) is 11.8 Å². The third-order valence-corrected chi connectivity index (χ3v) is 3.05. The Bertz CT molecular complexity index is 278. The van der Waals surface area contributed by atoms with E-state index in [0.717, 1.165) is 13.0 Å². The molecule has 3 atom stereocenters. The van der Waals surface area contributed by atoms with Gasteiger partial charge in [0.15, 0.2) is 0 Å². The van der Waals surface area contributed by atoms with E-state index in [4.69, 9.17) is 5.11 Å². The molecule has 1 saturated heterocycles. The summed E-state index contributed by atoms with van der Waals surface area (Å²) < 4.78 is 0. The van der Waals surface area contributed by atoms with Crippen LogP contribution in [0.25, 0.3) is 0 Å². The molecular formula is C11H20N2O3. The first-order valence-corrected chi connectivity index (χ1v) is 5.70. The number of carbonyl (C=O) groups excluding carboxylic acids is 1. The van der Waals surface area contributed by atoms with Gasteiger partial charge in [0.1, 0.15) is 6.04 Å². The van der Waals surface area contributed by atoms with Crippen molar-refractivity contribution in [3.8, 4) is 0 Å². The van der Waals surface area contributed by atoms with E-state index in [0.29, 0.717) is 0 Å². The fraction of sp³-hybridized carbons (Fsp3) is 0.818. The van der Waals surface area contributed by atoms with Crippen molar-refractivity contribution in [2.24, 2.45) is 11.8 Å². The Morgan fingerprint density at radius 3 is 2.44 bits per heavy atom. The van der Waals surface area contributed by atoms with E-state index in [-0.39, 0.29) is 23.8 Å². The fourth-order valence-corrected chi connectivity index (χ4v) is 1.94. The van der Waals surface area contributed by atoms with Crippen LogP contribution in [0.3, 0.4) is 0 Å². The number of amides is 1. The highest BCUT2D eigenvalue weighted by molar-refractivity contribution is 5.87. The molecule has 0 aromatic heterocycles. The van der Waals surface area contributed by atoms with Crippen molar-refractivity contribution < 1.29 is 14.7 Å². The Labute approximate surface area is 95.6 Å². The maximum absolute atomic E-state index is 11.8. The average molecular weight is 228 g/mol. The fourth-order valence-electron chi connectivity index (χ4n) is 1.94. The Hall–Kier alpha value is -1.10. The van der Waals surface area contributed by atoms with Gasteiger partial charge >= 0.3 is 5.97 Å². The van der Waals surface area contributed by atoms with Crippen LogP contribution in [0.15, 0.2) is 0 Å². The van der Waals surface area contributed by atoms with Gasteiger partial charge < -0.3 is 15.7 Å². The van der Waals surface area contributed by atoms with Crippen molar-refractivity contribution in [1.29, 1.82) is 0 Å². The van der Waals surface area contributed by atoms with Crippen LogP contribution < -0.4 is 10.6 Å². The van der Waals surface area contributed by atoms with Crippen molar-refractivity contribution in [2.45, 2.75) is 39.3 Å². The van der Waals surface area contributed by atoms with Crippen molar-refractivity contribution in [3.05, 3.63) is 0 Å². The van der Waals surface area contributed by atoms with Crippen LogP contribution >= 0.6 is 0 Å². The number of hydrogen-bond acceptors (Lipinski definition) is 3. The molecule has 0 bridgehead atoms. The predicted octanol–water partition coefficient (Wildman–Crippen LogP) is 0.210. The van der Waals surface area contributed by atoms with Crippen molar-refractivity contribution in [1.82, 2.24) is 10.6 Å². The molecule has 0 radical (unpaired) electrons. The zero-order valence-corrected chi connectivity index (χ0v) is 9.99. The molecule has 5 heteroatoms. The minimum Gasteiger partial charge on any atom is -0.480 e. The van der Waals surface area contributed by atoms with E-state index in [1.54, 1.807) is 13.8 Å². The van der Waals surface area contributed by atoms with Crippen molar-refractivity contribution >= 4 is 11.9 Å². The number of carbonyl (C=O) groups is 2. The number of carboxylic acid groups (broad SMARTS) is 1. The standard InChI is InChI=1S/C11H20N2O3/c1-6(2)8(11(15)16)13-10(14)9-7(3)4-5-12-9/h6-9,12H,4-5H2,1-3H3,(H,13,14)(H,15,16)/t7?,8-,9?/m0/s1. The van der Waals surface area contributed by atoms with E-state index in [1.165, 1.54) is 0 Å². The summed E-state index contributed by atoms with van der Waals surface area (Å²) >= 11 is 0. The van der Waals surface area contributed by atoms with E-state index >= 15 is 0 Å². The Balaban J connectivity index is 2.58. The first-order chi connectivity index (χ1) is 7.43. The summed E-state index contributed by atoms with van der Waals surface area (Å²) in [5.74, 6) is -1.03. The summed E-state index contributed by atoms with van der Waals surface area (Å²) in [6.45, 7) is 6.38. The highest BCUT2D eigenvalue weighted by Crippen LogP contribution is 2.15. The SMILES string of the molecule is CC1CCNC1C(=O)N[C@H](C(=O)O)C(C)C.